The van der Waals surface area contributed by atoms with Gasteiger partial charge in [0.1, 0.15) is 29.3 Å². The van der Waals surface area contributed by atoms with E-state index in [9.17, 15) is 19.5 Å². The first-order valence-corrected chi connectivity index (χ1v) is 16.2. The summed E-state index contributed by atoms with van der Waals surface area (Å²) in [6.07, 6.45) is 1.17. The zero-order valence-electron chi connectivity index (χ0n) is 28.5. The molecule has 3 amide bonds. The molecule has 2 atom stereocenters. The Bertz CT molecular complexity index is 1600. The van der Waals surface area contributed by atoms with Gasteiger partial charge in [0, 0.05) is 39.3 Å². The summed E-state index contributed by atoms with van der Waals surface area (Å²) in [5, 5.41) is 14.2. The molecule has 0 radical (unpaired) electrons. The number of pyridine rings is 1. The fourth-order valence-electron chi connectivity index (χ4n) is 5.71. The number of benzene rings is 1. The largest absolute Gasteiger partial charge is 0.486 e. The minimum absolute atomic E-state index is 0.140. The van der Waals surface area contributed by atoms with Gasteiger partial charge >= 0.3 is 12.2 Å². The summed E-state index contributed by atoms with van der Waals surface area (Å²) in [5.41, 5.74) is 1.25. The van der Waals surface area contributed by atoms with Crippen LogP contribution < -0.4 is 19.7 Å². The Balaban J connectivity index is 1.27. The van der Waals surface area contributed by atoms with Crippen LogP contribution in [0.3, 0.4) is 0 Å². The molecule has 15 nitrogen and oxygen atoms in total. The van der Waals surface area contributed by atoms with Crippen molar-refractivity contribution in [3.05, 3.63) is 65.4 Å². The predicted octanol–water partition coefficient (Wildman–Crippen LogP) is 3.39. The van der Waals surface area contributed by atoms with Crippen LogP contribution in [0.15, 0.2) is 47.3 Å². The highest BCUT2D eigenvalue weighted by Crippen LogP contribution is 2.30. The van der Waals surface area contributed by atoms with Gasteiger partial charge in [-0.25, -0.2) is 14.6 Å². The number of nitrogens with one attached hydrogen (secondary N) is 1. The highest BCUT2D eigenvalue weighted by atomic mass is 16.6. The number of amides is 3. The first-order valence-electron chi connectivity index (χ1n) is 16.2. The van der Waals surface area contributed by atoms with Crippen molar-refractivity contribution in [2.75, 3.05) is 51.3 Å². The lowest BCUT2D eigenvalue weighted by Gasteiger charge is -2.40. The number of carbonyl (C=O) groups excluding carboxylic acids is 3. The van der Waals surface area contributed by atoms with Crippen molar-refractivity contribution >= 4 is 23.9 Å². The van der Waals surface area contributed by atoms with E-state index in [1.165, 1.54) is 18.4 Å². The molecule has 1 fully saturated rings. The number of piperazine rings is 1. The molecule has 2 aromatic heterocycles. The van der Waals surface area contributed by atoms with Gasteiger partial charge in [-0.15, -0.1) is 0 Å². The van der Waals surface area contributed by atoms with Crippen molar-refractivity contribution in [2.45, 2.75) is 65.0 Å². The number of carbonyl (C=O) groups is 3. The Labute approximate surface area is 285 Å². The van der Waals surface area contributed by atoms with E-state index in [1.807, 2.05) is 23.1 Å². The summed E-state index contributed by atoms with van der Waals surface area (Å²) in [6.45, 7) is 9.69. The maximum atomic E-state index is 13.4. The lowest BCUT2D eigenvalue weighted by Crippen LogP contribution is -2.54. The van der Waals surface area contributed by atoms with Gasteiger partial charge in [-0.05, 0) is 69.5 Å². The zero-order chi connectivity index (χ0) is 35.1. The molecule has 264 valence electrons. The number of rotatable bonds is 10. The number of ether oxygens (including phenoxy) is 4. The molecule has 0 spiro atoms. The second kappa shape index (κ2) is 15.4. The smallest absolute Gasteiger partial charge is 0.410 e. The number of aliphatic hydroxyl groups excluding tert-OH is 1. The molecule has 1 saturated heterocycles. The van der Waals surface area contributed by atoms with Crippen molar-refractivity contribution in [2.24, 2.45) is 0 Å². The highest BCUT2D eigenvalue weighted by molar-refractivity contribution is 5.96. The van der Waals surface area contributed by atoms with Gasteiger partial charge in [-0.2, -0.15) is 4.98 Å². The van der Waals surface area contributed by atoms with Crippen LogP contribution in [0.1, 0.15) is 54.9 Å². The molecule has 1 aromatic carbocycles. The Morgan fingerprint density at radius 1 is 1.06 bits per heavy atom. The maximum Gasteiger partial charge on any atom is 0.410 e. The summed E-state index contributed by atoms with van der Waals surface area (Å²) in [7, 11) is 1.36. The van der Waals surface area contributed by atoms with Crippen LogP contribution in [-0.2, 0) is 29.0 Å². The molecule has 0 aliphatic carbocycles. The van der Waals surface area contributed by atoms with Crippen LogP contribution in [0.2, 0.25) is 0 Å². The molecular formula is C34H44N6O9. The molecule has 0 bridgehead atoms. The molecule has 4 heterocycles. The Kier molecular flexibility index (Phi) is 11.1. The molecule has 1 unspecified atom stereocenters. The standard InChI is InChI=1S/C34H44N6O9/c1-6-46-31-26(9-10-29(37-31)38-11-13-39(14-12-38)32(43)45-5)30(42)36-18-28(41)27-16-22-7-8-24(47-20-25-17-35-21-48-25)15-23(22)19-40(27)33(44)49-34(2,3)4/h7-10,15,17,21,27-28,41H,6,11-14,16,18-20H2,1-5H3,(H,36,42)/t27?,28-/m1/s1. The second-order valence-corrected chi connectivity index (χ2v) is 12.7. The van der Waals surface area contributed by atoms with E-state index in [1.54, 1.807) is 50.9 Å². The van der Waals surface area contributed by atoms with Crippen LogP contribution in [0.25, 0.3) is 0 Å². The van der Waals surface area contributed by atoms with Gasteiger partial charge < -0.3 is 43.6 Å². The van der Waals surface area contributed by atoms with Gasteiger partial charge in [0.2, 0.25) is 5.88 Å². The van der Waals surface area contributed by atoms with Crippen LogP contribution in [0.5, 0.6) is 11.6 Å². The van der Waals surface area contributed by atoms with E-state index < -0.39 is 29.7 Å². The van der Waals surface area contributed by atoms with E-state index in [0.29, 0.717) is 49.9 Å². The van der Waals surface area contributed by atoms with Gasteiger partial charge in [-0.3, -0.25) is 9.69 Å². The van der Waals surface area contributed by atoms with Crippen LogP contribution in [0.4, 0.5) is 15.4 Å². The lowest BCUT2D eigenvalue weighted by molar-refractivity contribution is -0.0113. The van der Waals surface area contributed by atoms with E-state index in [4.69, 9.17) is 23.4 Å². The monoisotopic (exact) mass is 680 g/mol. The molecular weight excluding hydrogens is 636 g/mol. The zero-order valence-corrected chi connectivity index (χ0v) is 28.5. The lowest BCUT2D eigenvalue weighted by atomic mass is 9.91. The molecule has 5 rings (SSSR count). The fraction of sp³-hybridized carbons (Fsp3) is 0.500. The molecule has 49 heavy (non-hydrogen) atoms. The van der Waals surface area contributed by atoms with Gasteiger partial charge in [-0.1, -0.05) is 6.07 Å². The molecule has 0 saturated carbocycles. The van der Waals surface area contributed by atoms with E-state index in [0.717, 1.165) is 11.1 Å². The predicted molar refractivity (Wildman–Crippen MR) is 176 cm³/mol. The quantitative estimate of drug-likeness (QED) is 0.321. The summed E-state index contributed by atoms with van der Waals surface area (Å²) in [6, 6.07) is 8.28. The number of aliphatic hydroxyl groups is 1. The van der Waals surface area contributed by atoms with Crippen molar-refractivity contribution in [1.82, 2.24) is 25.1 Å². The van der Waals surface area contributed by atoms with E-state index in [2.05, 4.69) is 15.3 Å². The van der Waals surface area contributed by atoms with Crippen molar-refractivity contribution in [3.63, 3.8) is 0 Å². The number of methoxy groups -OCH3 is 1. The van der Waals surface area contributed by atoms with Gasteiger partial charge in [0.05, 0.1) is 32.1 Å². The third-order valence-corrected chi connectivity index (χ3v) is 8.16. The number of oxazole rings is 1. The van der Waals surface area contributed by atoms with Crippen molar-refractivity contribution in [3.8, 4) is 11.6 Å². The van der Waals surface area contributed by atoms with E-state index >= 15 is 0 Å². The minimum atomic E-state index is -1.12. The van der Waals surface area contributed by atoms with Crippen molar-refractivity contribution in [1.29, 1.82) is 0 Å². The Hall–Kier alpha value is -5.05. The third kappa shape index (κ3) is 8.90. The van der Waals surface area contributed by atoms with Gasteiger partial charge in [0.25, 0.3) is 5.91 Å². The van der Waals surface area contributed by atoms with E-state index in [-0.39, 0.29) is 43.8 Å². The second-order valence-electron chi connectivity index (χ2n) is 12.7. The first-order chi connectivity index (χ1) is 23.5. The van der Waals surface area contributed by atoms with Crippen LogP contribution in [-0.4, -0.2) is 107 Å². The number of nitrogens with zero attached hydrogens (tertiary/aromatic N) is 5. The third-order valence-electron chi connectivity index (χ3n) is 8.16. The number of hydrogen-bond donors (Lipinski definition) is 2. The fourth-order valence-corrected chi connectivity index (χ4v) is 5.71. The maximum absolute atomic E-state index is 13.4. The Morgan fingerprint density at radius 2 is 1.84 bits per heavy atom. The molecule has 2 aliphatic rings. The van der Waals surface area contributed by atoms with Crippen LogP contribution >= 0.6 is 0 Å². The molecule has 2 aliphatic heterocycles. The number of hydrogen-bond acceptors (Lipinski definition) is 12. The Morgan fingerprint density at radius 3 is 2.51 bits per heavy atom. The number of aromatic nitrogens is 2. The van der Waals surface area contributed by atoms with Gasteiger partial charge in [0.15, 0.2) is 12.2 Å². The average Bonchev–Trinajstić information content (AvgIpc) is 3.62. The highest BCUT2D eigenvalue weighted by Gasteiger charge is 2.37. The summed E-state index contributed by atoms with van der Waals surface area (Å²) in [4.78, 5) is 52.3. The summed E-state index contributed by atoms with van der Waals surface area (Å²) < 4.78 is 27.4. The average molecular weight is 681 g/mol. The number of anilines is 1. The first kappa shape index (κ1) is 35.3. The van der Waals surface area contributed by atoms with Crippen LogP contribution in [0, 0.1) is 0 Å². The minimum Gasteiger partial charge on any atom is -0.486 e. The normalized spacial score (nSPS) is 16.8. The molecule has 2 N–H and O–H groups in total. The van der Waals surface area contributed by atoms with Crippen molar-refractivity contribution < 1.29 is 42.9 Å². The topological polar surface area (TPSA) is 169 Å². The molecule has 15 heteroatoms. The SMILES string of the molecule is CCOc1nc(N2CCN(C(=O)OC)CC2)ccc1C(=O)NC[C@@H](O)C1Cc2ccc(OCc3cnco3)cc2CN1C(=O)OC(C)(C)C. The number of fused-ring (bicyclic) bond motifs is 1. The molecule has 3 aromatic rings. The summed E-state index contributed by atoms with van der Waals surface area (Å²) in [5.74, 6) is 1.47. The summed E-state index contributed by atoms with van der Waals surface area (Å²) >= 11 is 0.